The molecule has 6 nitrogen and oxygen atoms in total. The maximum Gasteiger partial charge on any atom is 0.306 e. The summed E-state index contributed by atoms with van der Waals surface area (Å²) >= 11 is 0. The number of unbranched alkanes of at least 4 members (excludes halogenated alkanes) is 32. The van der Waals surface area contributed by atoms with Crippen LogP contribution in [-0.2, 0) is 28.6 Å². The average Bonchev–Trinajstić information content (AvgIpc) is 3.46. The van der Waals surface area contributed by atoms with E-state index in [0.717, 1.165) is 116 Å². The lowest BCUT2D eigenvalue weighted by Gasteiger charge is -2.18. The summed E-state index contributed by atoms with van der Waals surface area (Å²) in [5.41, 5.74) is 0. The number of ether oxygens (including phenoxy) is 3. The van der Waals surface area contributed by atoms with Gasteiger partial charge in [0.25, 0.3) is 0 Å². The van der Waals surface area contributed by atoms with E-state index in [-0.39, 0.29) is 37.5 Å². The van der Waals surface area contributed by atoms with Crippen molar-refractivity contribution in [2.75, 3.05) is 13.2 Å². The molecule has 0 saturated heterocycles. The van der Waals surface area contributed by atoms with Crippen molar-refractivity contribution in [3.63, 3.8) is 0 Å². The molecule has 6 heteroatoms. The van der Waals surface area contributed by atoms with Gasteiger partial charge in [0.2, 0.25) is 0 Å². The molecule has 0 spiro atoms. The third kappa shape index (κ3) is 64.9. The summed E-state index contributed by atoms with van der Waals surface area (Å²) < 4.78 is 16.9. The van der Waals surface area contributed by atoms with Crippen LogP contribution >= 0.6 is 0 Å². The number of rotatable bonds is 61. The maximum atomic E-state index is 12.9. The van der Waals surface area contributed by atoms with Gasteiger partial charge in [0, 0.05) is 19.3 Å². The first kappa shape index (κ1) is 76.1. The van der Waals surface area contributed by atoms with Crippen molar-refractivity contribution in [1.29, 1.82) is 0 Å². The lowest BCUT2D eigenvalue weighted by atomic mass is 10.0. The maximum absolute atomic E-state index is 12.9. The fraction of sp³-hybridized carbons (Fsp3) is 0.716. The summed E-state index contributed by atoms with van der Waals surface area (Å²) in [5.74, 6) is -0.915. The second kappa shape index (κ2) is 67.6. The highest BCUT2D eigenvalue weighted by Crippen LogP contribution is 2.16. The molecule has 0 aromatic rings. The Balaban J connectivity index is 4.28. The van der Waals surface area contributed by atoms with Gasteiger partial charge < -0.3 is 14.2 Å². The predicted molar refractivity (Wildman–Crippen MR) is 348 cm³/mol. The van der Waals surface area contributed by atoms with Gasteiger partial charge in [-0.25, -0.2) is 0 Å². The normalized spacial score (nSPS) is 12.8. The molecule has 0 saturated carbocycles. The van der Waals surface area contributed by atoms with Gasteiger partial charge in [-0.05, 0) is 109 Å². The summed E-state index contributed by atoms with van der Waals surface area (Å²) in [4.78, 5) is 38.3. The van der Waals surface area contributed by atoms with E-state index in [4.69, 9.17) is 14.2 Å². The van der Waals surface area contributed by atoms with Crippen LogP contribution in [0.3, 0.4) is 0 Å². The Morgan fingerprint density at radius 2 is 0.487 bits per heavy atom. The average molecular weight is 1110 g/mol. The lowest BCUT2D eigenvalue weighted by Crippen LogP contribution is -2.30. The summed E-state index contributed by atoms with van der Waals surface area (Å²) in [6.07, 6.45) is 92.6. The highest BCUT2D eigenvalue weighted by atomic mass is 16.6. The van der Waals surface area contributed by atoms with Crippen LogP contribution < -0.4 is 0 Å². The van der Waals surface area contributed by atoms with Crippen LogP contribution in [0, 0.1) is 0 Å². The van der Waals surface area contributed by atoms with Gasteiger partial charge in [0.1, 0.15) is 13.2 Å². The van der Waals surface area contributed by atoms with Crippen molar-refractivity contribution in [2.45, 2.75) is 329 Å². The molecule has 0 aromatic heterocycles. The minimum atomic E-state index is -0.796. The summed E-state index contributed by atoms with van der Waals surface area (Å²) in [6.45, 7) is 6.50. The van der Waals surface area contributed by atoms with Gasteiger partial charge in [-0.3, -0.25) is 14.4 Å². The van der Waals surface area contributed by atoms with E-state index in [1.165, 1.54) is 167 Å². The molecule has 1 atom stereocenters. The molecule has 0 fully saturated rings. The van der Waals surface area contributed by atoms with Gasteiger partial charge >= 0.3 is 17.9 Å². The summed E-state index contributed by atoms with van der Waals surface area (Å²) in [6, 6.07) is 0. The van der Waals surface area contributed by atoms with E-state index in [0.29, 0.717) is 12.8 Å². The number of esters is 3. The Bertz CT molecular complexity index is 1610. The van der Waals surface area contributed by atoms with E-state index in [9.17, 15) is 14.4 Å². The third-order valence-electron chi connectivity index (χ3n) is 14.5. The third-order valence-corrected chi connectivity index (χ3v) is 14.5. The second-order valence-corrected chi connectivity index (χ2v) is 22.4. The molecule has 0 aliphatic carbocycles. The molecule has 0 aliphatic heterocycles. The first-order chi connectivity index (χ1) is 39.5. The summed E-state index contributed by atoms with van der Waals surface area (Å²) in [5, 5.41) is 0. The van der Waals surface area contributed by atoms with E-state index < -0.39 is 6.10 Å². The molecule has 0 aromatic carbocycles. The van der Waals surface area contributed by atoms with Crippen LogP contribution in [0.1, 0.15) is 323 Å². The molecule has 0 rings (SSSR count). The molecule has 80 heavy (non-hydrogen) atoms. The molecule has 0 N–H and O–H groups in total. The molecular formula is C74H126O6. The Hall–Kier alpha value is -3.93. The Morgan fingerprint density at radius 3 is 0.775 bits per heavy atom. The molecule has 0 amide bonds. The van der Waals surface area contributed by atoms with Gasteiger partial charge in [0.05, 0.1) is 0 Å². The second-order valence-electron chi connectivity index (χ2n) is 22.4. The van der Waals surface area contributed by atoms with Crippen molar-refractivity contribution >= 4 is 17.9 Å². The molecule has 458 valence electrons. The first-order valence-electron chi connectivity index (χ1n) is 33.9. The smallest absolute Gasteiger partial charge is 0.306 e. The zero-order valence-corrected chi connectivity index (χ0v) is 52.6. The first-order valence-corrected chi connectivity index (χ1v) is 33.9. The quantitative estimate of drug-likeness (QED) is 0.0261. The van der Waals surface area contributed by atoms with Crippen molar-refractivity contribution in [3.8, 4) is 0 Å². The van der Waals surface area contributed by atoms with Crippen molar-refractivity contribution in [2.24, 2.45) is 0 Å². The van der Waals surface area contributed by atoms with Crippen LogP contribution in [-0.4, -0.2) is 37.2 Å². The van der Waals surface area contributed by atoms with Crippen molar-refractivity contribution in [1.82, 2.24) is 0 Å². The molecule has 0 aliphatic rings. The minimum Gasteiger partial charge on any atom is -0.462 e. The molecule has 0 radical (unpaired) electrons. The molecule has 0 heterocycles. The molecule has 0 bridgehead atoms. The highest BCUT2D eigenvalue weighted by molar-refractivity contribution is 5.71. The van der Waals surface area contributed by atoms with Crippen LogP contribution in [0.4, 0.5) is 0 Å². The largest absolute Gasteiger partial charge is 0.462 e. The zero-order chi connectivity index (χ0) is 57.8. The lowest BCUT2D eigenvalue weighted by molar-refractivity contribution is -0.167. The number of carbonyl (C=O) groups excluding carboxylic acids is 3. The molecular weight excluding hydrogens is 985 g/mol. The number of allylic oxidation sites excluding steroid dienone is 18. The SMILES string of the molecule is CC/C=C\C/C=C\C/C=C\C/C=C\C/C=C\C/C=C\C/C=C\CCCCCC(=O)OC(COC(=O)CCCCCCCCCCCC)COC(=O)CCCCCCCCCCCCCCCCC/C=C\C/C=C\CCCCCCC. The summed E-state index contributed by atoms with van der Waals surface area (Å²) in [7, 11) is 0. The topological polar surface area (TPSA) is 78.9 Å². The van der Waals surface area contributed by atoms with Crippen molar-refractivity contribution < 1.29 is 28.6 Å². The van der Waals surface area contributed by atoms with E-state index in [1.54, 1.807) is 0 Å². The number of carbonyl (C=O) groups is 3. The number of hydrogen-bond acceptors (Lipinski definition) is 6. The highest BCUT2D eigenvalue weighted by Gasteiger charge is 2.19. The van der Waals surface area contributed by atoms with Gasteiger partial charge in [-0.1, -0.05) is 304 Å². The zero-order valence-electron chi connectivity index (χ0n) is 52.6. The van der Waals surface area contributed by atoms with E-state index in [1.807, 2.05) is 0 Å². The van der Waals surface area contributed by atoms with Gasteiger partial charge in [-0.15, -0.1) is 0 Å². The van der Waals surface area contributed by atoms with E-state index >= 15 is 0 Å². The van der Waals surface area contributed by atoms with Crippen molar-refractivity contribution in [3.05, 3.63) is 109 Å². The molecule has 1 unspecified atom stereocenters. The van der Waals surface area contributed by atoms with Crippen LogP contribution in [0.5, 0.6) is 0 Å². The standard InChI is InChI=1S/C74H126O6/c1-4-7-10-13-16-19-22-24-26-28-30-32-34-36-37-39-40-42-44-46-48-50-52-55-58-61-64-67-73(76)79-70-71(69-78-72(75)66-63-60-57-54-21-18-15-12-9-6-3)80-74(77)68-65-62-59-56-53-51-49-47-45-43-41-38-35-33-31-29-27-25-23-20-17-14-11-8-5-2/h8,11,17,20,22,24-25,27-28,30-31,33,38,41,45,47,51,53,71H,4-7,9-10,12-16,18-19,21,23,26,29,32,34-37,39-40,42-44,46,48-50,52,54-70H2,1-3H3/b11-8-,20-17-,24-22-,27-25-,30-28-,33-31-,41-38-,47-45-,53-51-. The van der Waals surface area contributed by atoms with Crippen LogP contribution in [0.2, 0.25) is 0 Å². The Morgan fingerprint density at radius 1 is 0.263 bits per heavy atom. The van der Waals surface area contributed by atoms with Gasteiger partial charge in [0.15, 0.2) is 6.10 Å². The Kier molecular flexibility index (Phi) is 64.3. The van der Waals surface area contributed by atoms with Crippen LogP contribution in [0.15, 0.2) is 109 Å². The number of hydrogen-bond donors (Lipinski definition) is 0. The van der Waals surface area contributed by atoms with Crippen LogP contribution in [0.25, 0.3) is 0 Å². The fourth-order valence-corrected chi connectivity index (χ4v) is 9.45. The van der Waals surface area contributed by atoms with Gasteiger partial charge in [-0.2, -0.15) is 0 Å². The van der Waals surface area contributed by atoms with E-state index in [2.05, 4.69) is 130 Å². The monoisotopic (exact) mass is 1110 g/mol. The minimum absolute atomic E-state index is 0.0898. The predicted octanol–water partition coefficient (Wildman–Crippen LogP) is 23.4. The fourth-order valence-electron chi connectivity index (χ4n) is 9.45. The Labute approximate surface area is 495 Å².